The molecule has 1 aromatic carbocycles. The fourth-order valence-corrected chi connectivity index (χ4v) is 2.23. The molecule has 0 aromatic heterocycles. The Morgan fingerprint density at radius 2 is 2.31 bits per heavy atom. The first-order valence-corrected chi connectivity index (χ1v) is 5.73. The van der Waals surface area contributed by atoms with Crippen LogP contribution >= 0.6 is 15.9 Å². The lowest BCUT2D eigenvalue weighted by molar-refractivity contribution is -0.149. The molecule has 1 aliphatic rings. The lowest BCUT2D eigenvalue weighted by atomic mass is 10.1. The molecule has 0 amide bonds. The Balaban J connectivity index is 2.18. The summed E-state index contributed by atoms with van der Waals surface area (Å²) in [5.74, 6) is -1.37. The second-order valence-electron chi connectivity index (χ2n) is 3.92. The summed E-state index contributed by atoms with van der Waals surface area (Å²) in [6, 6.07) is 7.42. The number of carboxylic acid groups (broad SMARTS) is 1. The van der Waals surface area contributed by atoms with E-state index in [1.54, 1.807) is 4.90 Å². The summed E-state index contributed by atoms with van der Waals surface area (Å²) in [4.78, 5) is 12.5. The van der Waals surface area contributed by atoms with E-state index in [2.05, 4.69) is 15.9 Å². The molecule has 1 aliphatic heterocycles. The number of alkyl halides is 1. The summed E-state index contributed by atoms with van der Waals surface area (Å²) >= 11 is 3.33. The van der Waals surface area contributed by atoms with E-state index >= 15 is 0 Å². The van der Waals surface area contributed by atoms with Gasteiger partial charge in [-0.15, -0.1) is 0 Å². The number of carboxylic acids is 1. The molecule has 0 saturated carbocycles. The van der Waals surface area contributed by atoms with E-state index in [9.17, 15) is 9.18 Å². The first kappa shape index (κ1) is 11.4. The molecule has 5 heteroatoms. The van der Waals surface area contributed by atoms with Crippen LogP contribution in [0.5, 0.6) is 0 Å². The first-order valence-electron chi connectivity index (χ1n) is 4.94. The molecule has 1 N–H and O–H groups in total. The molecule has 86 valence electrons. The highest BCUT2D eigenvalue weighted by molar-refractivity contribution is 9.10. The molecular formula is C11H11BrFNO2. The topological polar surface area (TPSA) is 40.5 Å². The summed E-state index contributed by atoms with van der Waals surface area (Å²) < 4.78 is 14.7. The number of hydrogen-bond donors (Lipinski definition) is 1. The third kappa shape index (κ3) is 2.04. The van der Waals surface area contributed by atoms with E-state index < -0.39 is 11.6 Å². The number of nitrogens with zero attached hydrogens (tertiary/aromatic N) is 1. The van der Waals surface area contributed by atoms with Crippen LogP contribution in [0.1, 0.15) is 6.42 Å². The zero-order valence-corrected chi connectivity index (χ0v) is 10.1. The number of benzene rings is 1. The van der Waals surface area contributed by atoms with Crippen LogP contribution in [0.15, 0.2) is 28.7 Å². The van der Waals surface area contributed by atoms with Crippen molar-refractivity contribution in [2.75, 3.05) is 18.0 Å². The van der Waals surface area contributed by atoms with Crippen LogP contribution in [0, 0.1) is 0 Å². The van der Waals surface area contributed by atoms with Gasteiger partial charge in [0, 0.05) is 23.1 Å². The minimum Gasteiger partial charge on any atom is -0.479 e. The third-order valence-corrected chi connectivity index (χ3v) is 3.27. The molecule has 1 heterocycles. The average molecular weight is 288 g/mol. The predicted octanol–water partition coefficient (Wildman–Crippen LogP) is 2.45. The van der Waals surface area contributed by atoms with Crippen molar-refractivity contribution in [3.63, 3.8) is 0 Å². The van der Waals surface area contributed by atoms with Crippen molar-refractivity contribution in [3.8, 4) is 0 Å². The largest absolute Gasteiger partial charge is 0.479 e. The second kappa shape index (κ2) is 4.05. The van der Waals surface area contributed by atoms with Crippen molar-refractivity contribution < 1.29 is 14.3 Å². The van der Waals surface area contributed by atoms with Gasteiger partial charge in [0.2, 0.25) is 5.67 Å². The van der Waals surface area contributed by atoms with Crippen LogP contribution in [0.3, 0.4) is 0 Å². The number of carbonyl (C=O) groups is 1. The normalized spacial score (nSPS) is 24.8. The van der Waals surface area contributed by atoms with Gasteiger partial charge in [0.05, 0.1) is 6.54 Å². The molecule has 2 rings (SSSR count). The zero-order valence-electron chi connectivity index (χ0n) is 8.49. The zero-order chi connectivity index (χ0) is 11.8. The Bertz CT molecular complexity index is 426. The second-order valence-corrected chi connectivity index (χ2v) is 4.84. The molecule has 1 saturated heterocycles. The number of anilines is 1. The number of halogens is 2. The van der Waals surface area contributed by atoms with E-state index in [0.717, 1.165) is 10.2 Å². The third-order valence-electron chi connectivity index (χ3n) is 2.78. The van der Waals surface area contributed by atoms with Crippen LogP contribution in [0.25, 0.3) is 0 Å². The summed E-state index contributed by atoms with van der Waals surface area (Å²) in [5.41, 5.74) is -1.27. The first-order chi connectivity index (χ1) is 7.51. The van der Waals surface area contributed by atoms with E-state index in [1.807, 2.05) is 24.3 Å². The molecule has 1 unspecified atom stereocenters. The van der Waals surface area contributed by atoms with Gasteiger partial charge < -0.3 is 10.0 Å². The van der Waals surface area contributed by atoms with Gasteiger partial charge in [-0.1, -0.05) is 22.0 Å². The predicted molar refractivity (Wildman–Crippen MR) is 62.4 cm³/mol. The smallest absolute Gasteiger partial charge is 0.343 e. The highest BCUT2D eigenvalue weighted by atomic mass is 79.9. The maximum atomic E-state index is 13.8. The molecule has 0 bridgehead atoms. The average Bonchev–Trinajstić information content (AvgIpc) is 2.62. The number of aliphatic carboxylic acids is 1. The summed E-state index contributed by atoms with van der Waals surface area (Å²) in [7, 11) is 0. The minimum absolute atomic E-state index is 0.0366. The van der Waals surface area contributed by atoms with Crippen molar-refractivity contribution in [1.29, 1.82) is 0 Å². The van der Waals surface area contributed by atoms with Gasteiger partial charge >= 0.3 is 5.97 Å². The molecule has 0 aliphatic carbocycles. The van der Waals surface area contributed by atoms with Crippen LogP contribution in [0.4, 0.5) is 10.1 Å². The highest BCUT2D eigenvalue weighted by Crippen LogP contribution is 2.31. The van der Waals surface area contributed by atoms with Gasteiger partial charge in [0.15, 0.2) is 0 Å². The number of hydrogen-bond acceptors (Lipinski definition) is 2. The molecule has 16 heavy (non-hydrogen) atoms. The lowest BCUT2D eigenvalue weighted by Gasteiger charge is -2.19. The Morgan fingerprint density at radius 3 is 2.88 bits per heavy atom. The van der Waals surface area contributed by atoms with Gasteiger partial charge in [-0.3, -0.25) is 0 Å². The van der Waals surface area contributed by atoms with Crippen molar-refractivity contribution in [2.24, 2.45) is 0 Å². The van der Waals surface area contributed by atoms with Crippen LogP contribution < -0.4 is 4.90 Å². The Morgan fingerprint density at radius 1 is 1.56 bits per heavy atom. The Kier molecular flexibility index (Phi) is 2.88. The molecule has 1 fully saturated rings. The Labute approximate surface area is 101 Å². The fraction of sp³-hybridized carbons (Fsp3) is 0.364. The highest BCUT2D eigenvalue weighted by Gasteiger charge is 2.45. The maximum absolute atomic E-state index is 13.8. The van der Waals surface area contributed by atoms with E-state index in [1.165, 1.54) is 0 Å². The van der Waals surface area contributed by atoms with Crippen molar-refractivity contribution in [2.45, 2.75) is 12.1 Å². The molecule has 0 radical (unpaired) electrons. The summed E-state index contributed by atoms with van der Waals surface area (Å²) in [6.07, 6.45) is 0.0366. The number of rotatable bonds is 2. The SMILES string of the molecule is O=C(O)C1(F)CCN(c2cccc(Br)c2)C1. The van der Waals surface area contributed by atoms with Crippen LogP contribution in [-0.4, -0.2) is 29.8 Å². The van der Waals surface area contributed by atoms with Crippen molar-refractivity contribution in [3.05, 3.63) is 28.7 Å². The fourth-order valence-electron chi connectivity index (χ4n) is 1.84. The summed E-state index contributed by atoms with van der Waals surface area (Å²) in [6.45, 7) is 0.345. The van der Waals surface area contributed by atoms with Gasteiger partial charge in [-0.25, -0.2) is 9.18 Å². The molecule has 1 atom stereocenters. The monoisotopic (exact) mass is 287 g/mol. The quantitative estimate of drug-likeness (QED) is 0.908. The van der Waals surface area contributed by atoms with E-state index in [4.69, 9.17) is 5.11 Å². The minimum atomic E-state index is -2.11. The van der Waals surface area contributed by atoms with E-state index in [0.29, 0.717) is 6.54 Å². The maximum Gasteiger partial charge on any atom is 0.343 e. The van der Waals surface area contributed by atoms with Gasteiger partial charge in [-0.2, -0.15) is 0 Å². The molecule has 3 nitrogen and oxygen atoms in total. The summed E-state index contributed by atoms with van der Waals surface area (Å²) in [5, 5.41) is 8.78. The van der Waals surface area contributed by atoms with Gasteiger partial charge in [0.25, 0.3) is 0 Å². The molecule has 0 spiro atoms. The van der Waals surface area contributed by atoms with Gasteiger partial charge in [-0.05, 0) is 18.2 Å². The standard InChI is InChI=1S/C11H11BrFNO2/c12-8-2-1-3-9(6-8)14-5-4-11(13,7-14)10(15)16/h1-3,6H,4-5,7H2,(H,15,16). The van der Waals surface area contributed by atoms with Crippen LogP contribution in [-0.2, 0) is 4.79 Å². The van der Waals surface area contributed by atoms with Crippen molar-refractivity contribution >= 4 is 27.6 Å². The van der Waals surface area contributed by atoms with E-state index in [-0.39, 0.29) is 13.0 Å². The van der Waals surface area contributed by atoms with Crippen molar-refractivity contribution in [1.82, 2.24) is 0 Å². The van der Waals surface area contributed by atoms with Gasteiger partial charge in [0.1, 0.15) is 0 Å². The lowest BCUT2D eigenvalue weighted by Crippen LogP contribution is -2.37. The molecule has 1 aromatic rings. The molecular weight excluding hydrogens is 277 g/mol. The van der Waals surface area contributed by atoms with Crippen LogP contribution in [0.2, 0.25) is 0 Å². The Hall–Kier alpha value is -1.10.